The van der Waals surface area contributed by atoms with Gasteiger partial charge < -0.3 is 40.2 Å². The quantitative estimate of drug-likeness (QED) is 0.0103. The third-order valence-electron chi connectivity index (χ3n) is 20.4. The Morgan fingerprint density at radius 3 is 1.36 bits per heavy atom. The second-order valence-electron chi connectivity index (χ2n) is 29.5. The summed E-state index contributed by atoms with van der Waals surface area (Å²) in [6, 6.07) is -0.884. The standard InChI is InChI=1S/C80H131N9O24P2/c1-7-13-27-39-65(85-59-92)71-73(95)63(37-29-19-21-31-45-81-57-90)72(94)64(74(71)96)38-30-20-22-33-47-84-77(99)111-68-56-62(42-44-67(68)112-114(103,105-51-15-9-3)106-52-16-10-4)109-75(97)61-41-43-66(69(55-61)113-115(104,107-53-17-11-5)108-54-18-12-6)110-76(98)83-48-34-24-26-36-50-88-78(100)87(49-35-25-23-32-46-82-58-91)79(101)89(80(88)102)70(86-60-93)40-28-14-8-2/h61-62,65-70,94-96H,7-56H2,1-6H3,(H,83,98)(H,84,99). The number of unbranched alkanes of at least 4 members (excludes halogenated alkanes) is 20. The summed E-state index contributed by atoms with van der Waals surface area (Å²) in [6.45, 7) is 12.9. The number of aromatic hydroxyl groups is 3. The van der Waals surface area contributed by atoms with Crippen molar-refractivity contribution in [3.05, 3.63) is 48.1 Å². The van der Waals surface area contributed by atoms with Crippen LogP contribution in [0.1, 0.15) is 314 Å². The fourth-order valence-corrected chi connectivity index (χ4v) is 16.7. The molecular weight excluding hydrogens is 1530 g/mol. The van der Waals surface area contributed by atoms with Gasteiger partial charge in [0.2, 0.25) is 24.3 Å². The number of nitrogens with one attached hydrogen (secondary N) is 2. The first-order valence-corrected chi connectivity index (χ1v) is 45.3. The van der Waals surface area contributed by atoms with Crippen LogP contribution in [0.15, 0.2) is 34.4 Å². The molecule has 2 aromatic rings. The Morgan fingerprint density at radius 2 is 0.887 bits per heavy atom. The lowest BCUT2D eigenvalue weighted by molar-refractivity contribution is -0.164. The van der Waals surface area contributed by atoms with Crippen LogP contribution >= 0.6 is 15.6 Å². The number of hydrogen-bond acceptors (Lipinski definition) is 28. The van der Waals surface area contributed by atoms with Crippen molar-refractivity contribution in [2.45, 2.75) is 354 Å². The number of phenolic OH excluding ortho intramolecular Hbond substituents is 3. The summed E-state index contributed by atoms with van der Waals surface area (Å²) in [5, 5.41) is 40.4. The molecule has 650 valence electrons. The molecule has 1 aromatic carbocycles. The van der Waals surface area contributed by atoms with E-state index >= 15 is 0 Å². The molecule has 8 atom stereocenters. The van der Waals surface area contributed by atoms with Crippen LogP contribution in [0.4, 0.5) is 9.59 Å². The summed E-state index contributed by atoms with van der Waals surface area (Å²) < 4.78 is 85.6. The average Bonchev–Trinajstić information content (AvgIpc) is 0.778. The number of isocyanates is 4. The predicted octanol–water partition coefficient (Wildman–Crippen LogP) is 15.7. The highest BCUT2D eigenvalue weighted by Crippen LogP contribution is 2.55. The van der Waals surface area contributed by atoms with Crippen molar-refractivity contribution < 1.29 is 99.4 Å². The lowest BCUT2D eigenvalue weighted by atomic mass is 9.85. The van der Waals surface area contributed by atoms with Gasteiger partial charge in [-0.15, -0.1) is 0 Å². The zero-order valence-corrected chi connectivity index (χ0v) is 70.7. The smallest absolute Gasteiger partial charge is 0.475 e. The fourth-order valence-electron chi connectivity index (χ4n) is 13.8. The molecule has 0 spiro atoms. The molecule has 0 aliphatic heterocycles. The van der Waals surface area contributed by atoms with Crippen molar-refractivity contribution in [1.82, 2.24) is 24.3 Å². The number of aliphatic imine (C=N–C) groups is 4. The predicted molar refractivity (Wildman–Crippen MR) is 430 cm³/mol. The first-order valence-electron chi connectivity index (χ1n) is 42.4. The van der Waals surface area contributed by atoms with E-state index < -0.39 is 99.5 Å². The first kappa shape index (κ1) is 100. The number of aromatic nitrogens is 3. The molecule has 0 bridgehead atoms. The number of phenols is 3. The first-order chi connectivity index (χ1) is 55.7. The number of phosphoric acid groups is 2. The van der Waals surface area contributed by atoms with Crippen LogP contribution in [0.25, 0.3) is 0 Å². The largest absolute Gasteiger partial charge is 0.507 e. The van der Waals surface area contributed by atoms with E-state index in [2.05, 4.69) is 30.6 Å². The molecule has 2 aliphatic carbocycles. The minimum atomic E-state index is -4.35. The summed E-state index contributed by atoms with van der Waals surface area (Å²) in [7, 11) is -8.58. The van der Waals surface area contributed by atoms with E-state index in [9.17, 15) is 72.4 Å². The van der Waals surface area contributed by atoms with Gasteiger partial charge in [-0.25, -0.2) is 76.0 Å². The number of ether oxygens (including phenoxy) is 3. The summed E-state index contributed by atoms with van der Waals surface area (Å²) in [5.74, 6) is -2.42. The van der Waals surface area contributed by atoms with Crippen LogP contribution in [0.3, 0.4) is 0 Å². The molecule has 33 nitrogen and oxygen atoms in total. The summed E-state index contributed by atoms with van der Waals surface area (Å²) in [4.78, 5) is 143. The summed E-state index contributed by atoms with van der Waals surface area (Å²) in [5.41, 5.74) is -1.98. The van der Waals surface area contributed by atoms with E-state index in [1.54, 1.807) is 6.08 Å². The van der Waals surface area contributed by atoms with Crippen molar-refractivity contribution in [2.75, 3.05) is 52.6 Å². The zero-order chi connectivity index (χ0) is 84.1. The van der Waals surface area contributed by atoms with Gasteiger partial charge in [0.15, 0.2) is 0 Å². The molecule has 115 heavy (non-hydrogen) atoms. The maximum absolute atomic E-state index is 14.5. The van der Waals surface area contributed by atoms with E-state index in [1.807, 2.05) is 41.5 Å². The monoisotopic (exact) mass is 1660 g/mol. The van der Waals surface area contributed by atoms with Gasteiger partial charge in [0.25, 0.3) is 0 Å². The number of carbonyl (C=O) groups excluding carboxylic acids is 7. The van der Waals surface area contributed by atoms with Crippen molar-refractivity contribution >= 4 is 58.1 Å². The van der Waals surface area contributed by atoms with Gasteiger partial charge in [-0.1, -0.05) is 151 Å². The number of benzene rings is 1. The third kappa shape index (κ3) is 36.7. The number of hydrogen-bond donors (Lipinski definition) is 5. The summed E-state index contributed by atoms with van der Waals surface area (Å²) >= 11 is 0. The van der Waals surface area contributed by atoms with Crippen molar-refractivity contribution in [1.29, 1.82) is 0 Å². The topological polar surface area (TPSA) is 437 Å². The van der Waals surface area contributed by atoms with Gasteiger partial charge >= 0.3 is 50.9 Å². The number of rotatable bonds is 64. The van der Waals surface area contributed by atoms with Crippen molar-refractivity contribution in [3.8, 4) is 17.2 Å². The molecule has 8 unspecified atom stereocenters. The Labute approximate surface area is 676 Å². The van der Waals surface area contributed by atoms with E-state index in [-0.39, 0.29) is 144 Å². The number of esters is 1. The zero-order valence-electron chi connectivity index (χ0n) is 68.9. The SMILES string of the molecule is CCCCCC(N=C=O)c1c(O)c(CCCCCCN=C=O)c(O)c(CCCCCCNC(=O)OC2CC(OC(=O)C3CCC(OC(=O)NCCCCCCn4c(=O)n(CCCCCCN=C=O)c(=O)n(C(CCCCC)N=C=O)c4=O)C(OP(=O)(OCCCC)OCCCC)C3)CCC2OP(=O)(OCCCC)OCCCC)c1O. The Morgan fingerprint density at radius 1 is 0.452 bits per heavy atom. The fraction of sp³-hybridized carbons (Fsp3) is 0.800. The van der Waals surface area contributed by atoms with E-state index in [4.69, 9.17) is 41.4 Å². The van der Waals surface area contributed by atoms with Crippen LogP contribution in [0.2, 0.25) is 0 Å². The van der Waals surface area contributed by atoms with Crippen LogP contribution in [0, 0.1) is 5.92 Å². The summed E-state index contributed by atoms with van der Waals surface area (Å²) in [6.07, 6.45) is 17.9. The molecule has 5 N–H and O–H groups in total. The Balaban J connectivity index is 1.48. The molecule has 4 rings (SSSR count). The number of phosphoric ester groups is 2. The normalized spacial score (nSPS) is 17.4. The van der Waals surface area contributed by atoms with Gasteiger partial charge in [-0.3, -0.25) is 31.9 Å². The molecule has 2 aliphatic rings. The molecule has 2 amide bonds. The number of nitrogens with zero attached hydrogens (tertiary/aromatic N) is 7. The number of alkyl carbamates (subject to hydrolysis) is 2. The molecule has 0 saturated heterocycles. The molecule has 1 heterocycles. The minimum Gasteiger partial charge on any atom is -0.507 e. The Bertz CT molecular complexity index is 3670. The number of carbonyl (C=O) groups is 3. The van der Waals surface area contributed by atoms with Crippen molar-refractivity contribution in [2.24, 2.45) is 25.9 Å². The lowest BCUT2D eigenvalue weighted by Gasteiger charge is -2.38. The molecule has 2 saturated carbocycles. The molecule has 35 heteroatoms. The Kier molecular flexibility index (Phi) is 51.0. The van der Waals surface area contributed by atoms with Gasteiger partial charge in [-0.05, 0) is 141 Å². The van der Waals surface area contributed by atoms with Gasteiger partial charge in [0, 0.05) is 43.7 Å². The van der Waals surface area contributed by atoms with Gasteiger partial charge in [0.1, 0.15) is 53.9 Å². The highest BCUT2D eigenvalue weighted by molar-refractivity contribution is 7.48. The Hall–Kier alpha value is -7.22. The average molecular weight is 1660 g/mol. The minimum absolute atomic E-state index is 0.00494. The van der Waals surface area contributed by atoms with Crippen molar-refractivity contribution in [3.63, 3.8) is 0 Å². The molecule has 2 fully saturated rings. The van der Waals surface area contributed by atoms with Crippen LogP contribution in [-0.4, -0.2) is 155 Å². The highest BCUT2D eigenvalue weighted by atomic mass is 31.2. The van der Waals surface area contributed by atoms with Crippen LogP contribution < -0.4 is 27.7 Å². The molecular formula is C80H131N9O24P2. The third-order valence-corrected chi connectivity index (χ3v) is 23.5. The second kappa shape index (κ2) is 58.6. The lowest BCUT2D eigenvalue weighted by Crippen LogP contribution is -2.55. The van der Waals surface area contributed by atoms with Gasteiger partial charge in [-0.2, -0.15) is 9.98 Å². The van der Waals surface area contributed by atoms with Gasteiger partial charge in [0.05, 0.1) is 57.0 Å². The second-order valence-corrected chi connectivity index (χ2v) is 32.8. The highest BCUT2D eigenvalue weighted by Gasteiger charge is 2.46. The van der Waals surface area contributed by atoms with Crippen LogP contribution in [0.5, 0.6) is 17.2 Å². The van der Waals surface area contributed by atoms with E-state index in [1.165, 1.54) is 18.2 Å². The molecule has 1 aromatic heterocycles. The maximum atomic E-state index is 14.5. The van der Waals surface area contributed by atoms with E-state index in [0.29, 0.717) is 167 Å². The van der Waals surface area contributed by atoms with E-state index in [0.717, 1.165) is 58.6 Å². The molecule has 0 radical (unpaired) electrons. The number of amides is 2. The maximum Gasteiger partial charge on any atom is 0.475 e. The van der Waals surface area contributed by atoms with Crippen LogP contribution in [-0.2, 0) is 100 Å².